The average Bonchev–Trinajstić information content (AvgIpc) is 2.17. The molecule has 1 atom stereocenters. The minimum atomic E-state index is -0.867. The van der Waals surface area contributed by atoms with Crippen molar-refractivity contribution >= 4 is 12.4 Å². The van der Waals surface area contributed by atoms with Crippen molar-refractivity contribution in [3.8, 4) is 11.8 Å². The van der Waals surface area contributed by atoms with Gasteiger partial charge in [-0.1, -0.05) is 0 Å². The van der Waals surface area contributed by atoms with Crippen LogP contribution in [0.25, 0.3) is 0 Å². The number of hydrogen-bond acceptors (Lipinski definition) is 3. The fourth-order valence-electron chi connectivity index (χ4n) is 1.00. The Morgan fingerprint density at radius 1 is 1.57 bits per heavy atom. The predicted molar refractivity (Wildman–Crippen MR) is 53.0 cm³/mol. The summed E-state index contributed by atoms with van der Waals surface area (Å²) in [5, 5.41) is 17.8. The molecular weight excluding hydrogens is 207 g/mol. The normalized spacial score (nSPS) is 11.2. The minimum absolute atomic E-state index is 0. The van der Waals surface area contributed by atoms with Crippen LogP contribution >= 0.6 is 12.4 Å². The Bertz CT molecular complexity index is 351. The highest BCUT2D eigenvalue weighted by Crippen LogP contribution is 2.23. The monoisotopic (exact) mass is 216 g/mol. The van der Waals surface area contributed by atoms with Gasteiger partial charge in [-0.2, -0.15) is 5.26 Å². The van der Waals surface area contributed by atoms with Crippen molar-refractivity contribution < 1.29 is 9.50 Å². The molecule has 0 radical (unpaired) electrons. The van der Waals surface area contributed by atoms with Gasteiger partial charge in [0.05, 0.1) is 17.7 Å². The van der Waals surface area contributed by atoms with E-state index in [0.29, 0.717) is 5.56 Å². The molecule has 1 aromatic carbocycles. The first kappa shape index (κ1) is 12.7. The zero-order chi connectivity index (χ0) is 9.84. The summed E-state index contributed by atoms with van der Waals surface area (Å²) in [5.41, 5.74) is 6.00. The summed E-state index contributed by atoms with van der Waals surface area (Å²) in [5.74, 6) is -0.0795. The lowest BCUT2D eigenvalue weighted by atomic mass is 10.0. The molecule has 3 nitrogen and oxygen atoms in total. The first-order valence-electron chi connectivity index (χ1n) is 3.73. The van der Waals surface area contributed by atoms with E-state index in [1.165, 1.54) is 18.2 Å². The number of aromatic hydroxyl groups is 1. The molecule has 1 aromatic rings. The molecule has 0 heterocycles. The van der Waals surface area contributed by atoms with E-state index in [4.69, 9.17) is 11.0 Å². The van der Waals surface area contributed by atoms with E-state index in [0.717, 1.165) is 0 Å². The summed E-state index contributed by atoms with van der Waals surface area (Å²) in [6.07, 6.45) is 0. The maximum Gasteiger partial charge on any atom is 0.120 e. The zero-order valence-corrected chi connectivity index (χ0v) is 8.09. The summed E-state index contributed by atoms with van der Waals surface area (Å²) in [6.45, 7) is -0.761. The van der Waals surface area contributed by atoms with E-state index >= 15 is 0 Å². The molecule has 5 heteroatoms. The second-order valence-electron chi connectivity index (χ2n) is 2.65. The summed E-state index contributed by atoms with van der Waals surface area (Å²) >= 11 is 0. The summed E-state index contributed by atoms with van der Waals surface area (Å²) in [7, 11) is 0. The van der Waals surface area contributed by atoms with E-state index in [1.807, 2.05) is 6.07 Å². The molecule has 0 bridgehead atoms. The number of rotatable bonds is 2. The van der Waals surface area contributed by atoms with Gasteiger partial charge in [0.25, 0.3) is 0 Å². The fraction of sp³-hybridized carbons (Fsp3) is 0.222. The lowest BCUT2D eigenvalue weighted by Crippen LogP contribution is -2.12. The summed E-state index contributed by atoms with van der Waals surface area (Å²) < 4.78 is 12.2. The number of hydrogen-bond donors (Lipinski definition) is 2. The second kappa shape index (κ2) is 5.43. The molecular formula is C9H10ClFN2O. The highest BCUT2D eigenvalue weighted by atomic mass is 35.5. The van der Waals surface area contributed by atoms with Gasteiger partial charge in [0, 0.05) is 5.56 Å². The fourth-order valence-corrected chi connectivity index (χ4v) is 1.00. The number of nitrogens with zero attached hydrogens (tertiary/aromatic N) is 1. The lowest BCUT2D eigenvalue weighted by Gasteiger charge is -2.09. The van der Waals surface area contributed by atoms with Gasteiger partial charge in [0.1, 0.15) is 12.4 Å². The second-order valence-corrected chi connectivity index (χ2v) is 2.65. The number of nitriles is 1. The molecule has 0 aliphatic carbocycles. The lowest BCUT2D eigenvalue weighted by molar-refractivity contribution is 0.414. The largest absolute Gasteiger partial charge is 0.508 e. The number of phenols is 1. The Morgan fingerprint density at radius 3 is 2.71 bits per heavy atom. The molecule has 14 heavy (non-hydrogen) atoms. The van der Waals surface area contributed by atoms with Crippen molar-refractivity contribution in [3.63, 3.8) is 0 Å². The third kappa shape index (κ3) is 2.59. The van der Waals surface area contributed by atoms with Crippen LogP contribution in [0.4, 0.5) is 4.39 Å². The molecule has 0 unspecified atom stereocenters. The van der Waals surface area contributed by atoms with Crippen molar-refractivity contribution in [2.45, 2.75) is 6.04 Å². The molecule has 76 valence electrons. The maximum atomic E-state index is 12.2. The molecule has 0 aliphatic rings. The quantitative estimate of drug-likeness (QED) is 0.790. The number of alkyl halides is 1. The van der Waals surface area contributed by atoms with Gasteiger partial charge >= 0.3 is 0 Å². The van der Waals surface area contributed by atoms with Crippen molar-refractivity contribution in [2.24, 2.45) is 5.73 Å². The first-order valence-corrected chi connectivity index (χ1v) is 3.73. The highest BCUT2D eigenvalue weighted by molar-refractivity contribution is 5.85. The van der Waals surface area contributed by atoms with Crippen LogP contribution < -0.4 is 5.73 Å². The van der Waals surface area contributed by atoms with Crippen LogP contribution in [0, 0.1) is 11.3 Å². The van der Waals surface area contributed by atoms with Crippen molar-refractivity contribution in [3.05, 3.63) is 29.3 Å². The molecule has 3 N–H and O–H groups in total. The predicted octanol–water partition coefficient (Wildman–Crippen LogP) is 1.65. The Labute approximate surface area is 87.4 Å². The Balaban J connectivity index is 0.00000169. The molecule has 0 spiro atoms. The van der Waals surface area contributed by atoms with Crippen molar-refractivity contribution in [2.75, 3.05) is 6.67 Å². The number of phenolic OH excluding ortho intramolecular Hbond substituents is 1. The van der Waals surface area contributed by atoms with Gasteiger partial charge < -0.3 is 10.8 Å². The van der Waals surface area contributed by atoms with E-state index in [2.05, 4.69) is 0 Å². The average molecular weight is 217 g/mol. The highest BCUT2D eigenvalue weighted by Gasteiger charge is 2.10. The topological polar surface area (TPSA) is 70.0 Å². The smallest absolute Gasteiger partial charge is 0.120 e. The van der Waals surface area contributed by atoms with Crippen LogP contribution in [0.1, 0.15) is 17.2 Å². The van der Waals surface area contributed by atoms with Crippen LogP contribution in [0.2, 0.25) is 0 Å². The SMILES string of the molecule is Cl.N#Cc1ccc(O)c([C@@H](N)CF)c1. The van der Waals surface area contributed by atoms with Crippen LogP contribution in [-0.4, -0.2) is 11.8 Å². The molecule has 1 rings (SSSR count). The molecule has 0 fully saturated rings. The van der Waals surface area contributed by atoms with E-state index in [1.54, 1.807) is 0 Å². The molecule has 0 aromatic heterocycles. The van der Waals surface area contributed by atoms with Gasteiger partial charge in [-0.05, 0) is 18.2 Å². The van der Waals surface area contributed by atoms with Crippen LogP contribution in [-0.2, 0) is 0 Å². The number of nitrogens with two attached hydrogens (primary N) is 1. The molecule has 0 amide bonds. The van der Waals surface area contributed by atoms with Gasteiger partial charge in [0.15, 0.2) is 0 Å². The third-order valence-electron chi connectivity index (χ3n) is 1.72. The third-order valence-corrected chi connectivity index (χ3v) is 1.72. The molecule has 0 aliphatic heterocycles. The van der Waals surface area contributed by atoms with Crippen molar-refractivity contribution in [1.82, 2.24) is 0 Å². The number of halogens is 2. The van der Waals surface area contributed by atoms with E-state index < -0.39 is 12.7 Å². The maximum absolute atomic E-state index is 12.2. The van der Waals surface area contributed by atoms with Gasteiger partial charge in [0.2, 0.25) is 0 Å². The Hall–Kier alpha value is -1.31. The van der Waals surface area contributed by atoms with Crippen LogP contribution in [0.3, 0.4) is 0 Å². The van der Waals surface area contributed by atoms with Crippen LogP contribution in [0.15, 0.2) is 18.2 Å². The zero-order valence-electron chi connectivity index (χ0n) is 7.27. The minimum Gasteiger partial charge on any atom is -0.508 e. The van der Waals surface area contributed by atoms with Gasteiger partial charge in [-0.25, -0.2) is 4.39 Å². The standard InChI is InChI=1S/C9H9FN2O.ClH/c10-4-8(12)7-3-6(5-11)1-2-9(7)13;/h1-3,8,13H,4,12H2;1H/t8-;/m0./s1. The summed E-state index contributed by atoms with van der Waals surface area (Å²) in [4.78, 5) is 0. The van der Waals surface area contributed by atoms with E-state index in [-0.39, 0.29) is 23.7 Å². The Morgan fingerprint density at radius 2 is 2.21 bits per heavy atom. The van der Waals surface area contributed by atoms with E-state index in [9.17, 15) is 9.50 Å². The van der Waals surface area contributed by atoms with Gasteiger partial charge in [-0.3, -0.25) is 0 Å². The Kier molecular flexibility index (Phi) is 4.92. The summed E-state index contributed by atoms with van der Waals surface area (Å²) in [6, 6.07) is 5.19. The molecule has 0 saturated heterocycles. The van der Waals surface area contributed by atoms with Gasteiger partial charge in [-0.15, -0.1) is 12.4 Å². The molecule has 0 saturated carbocycles. The first-order chi connectivity index (χ1) is 6.19. The number of benzene rings is 1. The van der Waals surface area contributed by atoms with Crippen LogP contribution in [0.5, 0.6) is 5.75 Å². The van der Waals surface area contributed by atoms with Crippen molar-refractivity contribution in [1.29, 1.82) is 5.26 Å².